The number of aryl methyl sites for hydroxylation is 1. The van der Waals surface area contributed by atoms with E-state index in [-0.39, 0.29) is 28.9 Å². The van der Waals surface area contributed by atoms with Crippen molar-refractivity contribution in [2.75, 3.05) is 0 Å². The molecule has 0 spiro atoms. The molecule has 0 bridgehead atoms. The lowest BCUT2D eigenvalue weighted by Crippen LogP contribution is -2.41. The summed E-state index contributed by atoms with van der Waals surface area (Å²) in [4.78, 5) is 24.3. The minimum Gasteiger partial charge on any atom is -0.508 e. The number of hydrogen-bond acceptors (Lipinski definition) is 4. The highest BCUT2D eigenvalue weighted by molar-refractivity contribution is 5.95. The Morgan fingerprint density at radius 1 is 0.833 bits per heavy atom. The normalized spacial score (nSPS) is 11.8. The summed E-state index contributed by atoms with van der Waals surface area (Å²) in [6.07, 6.45) is 0.668. The van der Waals surface area contributed by atoms with Crippen LogP contribution < -0.4 is 10.9 Å². The van der Waals surface area contributed by atoms with E-state index in [9.17, 15) is 19.8 Å². The summed E-state index contributed by atoms with van der Waals surface area (Å²) in [6, 6.07) is 9.65. The zero-order valence-corrected chi connectivity index (χ0v) is 18.6. The molecule has 30 heavy (non-hydrogen) atoms. The second-order valence-electron chi connectivity index (χ2n) is 9.59. The lowest BCUT2D eigenvalue weighted by molar-refractivity contribution is -0.121. The first-order chi connectivity index (χ1) is 13.8. The second-order valence-corrected chi connectivity index (χ2v) is 9.59. The number of hydrazine groups is 1. The Kier molecular flexibility index (Phi) is 6.80. The van der Waals surface area contributed by atoms with Crippen LogP contribution in [0, 0.1) is 0 Å². The van der Waals surface area contributed by atoms with Gasteiger partial charge in [0.15, 0.2) is 0 Å². The number of nitrogens with one attached hydrogen (secondary N) is 2. The van der Waals surface area contributed by atoms with Crippen molar-refractivity contribution in [3.05, 3.63) is 58.7 Å². The van der Waals surface area contributed by atoms with Gasteiger partial charge in [0, 0.05) is 12.0 Å². The van der Waals surface area contributed by atoms with Gasteiger partial charge in [-0.1, -0.05) is 53.7 Å². The van der Waals surface area contributed by atoms with Crippen molar-refractivity contribution in [2.24, 2.45) is 0 Å². The van der Waals surface area contributed by atoms with E-state index in [0.29, 0.717) is 17.7 Å². The van der Waals surface area contributed by atoms with Gasteiger partial charge >= 0.3 is 0 Å². The summed E-state index contributed by atoms with van der Waals surface area (Å²) < 4.78 is 0. The Hall–Kier alpha value is -3.02. The molecule has 0 fully saturated rings. The number of hydrogen-bond donors (Lipinski definition) is 4. The van der Waals surface area contributed by atoms with Crippen LogP contribution in [0.5, 0.6) is 11.5 Å². The number of carbonyl (C=O) groups excluding carboxylic acids is 2. The smallest absolute Gasteiger partial charge is 0.269 e. The topological polar surface area (TPSA) is 98.7 Å². The molecule has 162 valence electrons. The van der Waals surface area contributed by atoms with Gasteiger partial charge in [0.1, 0.15) is 11.5 Å². The maximum Gasteiger partial charge on any atom is 0.269 e. The average molecular weight is 413 g/mol. The lowest BCUT2D eigenvalue weighted by atomic mass is 9.78. The van der Waals surface area contributed by atoms with Crippen LogP contribution in [0.25, 0.3) is 0 Å². The predicted octanol–water partition coefficient (Wildman–Crippen LogP) is 4.09. The molecule has 0 aliphatic heterocycles. The molecular weight excluding hydrogens is 380 g/mol. The van der Waals surface area contributed by atoms with Crippen LogP contribution in [-0.4, -0.2) is 22.0 Å². The van der Waals surface area contributed by atoms with Gasteiger partial charge in [-0.3, -0.25) is 20.4 Å². The van der Waals surface area contributed by atoms with Crippen LogP contribution in [0.4, 0.5) is 0 Å². The van der Waals surface area contributed by atoms with E-state index in [2.05, 4.69) is 10.9 Å². The Bertz CT molecular complexity index is 885. The Balaban J connectivity index is 2.06. The monoisotopic (exact) mass is 412 g/mol. The van der Waals surface area contributed by atoms with E-state index in [1.54, 1.807) is 0 Å². The number of carbonyl (C=O) groups is 2. The van der Waals surface area contributed by atoms with Gasteiger partial charge in [0.25, 0.3) is 5.91 Å². The highest BCUT2D eigenvalue weighted by Crippen LogP contribution is 2.39. The number of phenolic OH excluding ortho intramolecular Hbond substituents is 2. The van der Waals surface area contributed by atoms with Crippen LogP contribution >= 0.6 is 0 Å². The molecule has 0 aliphatic rings. The van der Waals surface area contributed by atoms with Crippen molar-refractivity contribution in [1.29, 1.82) is 0 Å². The molecule has 2 aromatic carbocycles. The molecule has 0 saturated heterocycles. The highest BCUT2D eigenvalue weighted by atomic mass is 16.3. The number of amides is 2. The third kappa shape index (κ3) is 5.99. The summed E-state index contributed by atoms with van der Waals surface area (Å²) >= 11 is 0. The summed E-state index contributed by atoms with van der Waals surface area (Å²) in [7, 11) is 0. The average Bonchev–Trinajstić information content (AvgIpc) is 2.63. The third-order valence-corrected chi connectivity index (χ3v) is 4.87. The van der Waals surface area contributed by atoms with E-state index in [1.165, 1.54) is 24.3 Å². The lowest BCUT2D eigenvalue weighted by Gasteiger charge is -2.28. The van der Waals surface area contributed by atoms with E-state index >= 15 is 0 Å². The molecule has 2 aromatic rings. The fourth-order valence-electron chi connectivity index (χ4n) is 3.11. The van der Waals surface area contributed by atoms with Crippen molar-refractivity contribution in [3.8, 4) is 11.5 Å². The second kappa shape index (κ2) is 8.78. The van der Waals surface area contributed by atoms with Crippen LogP contribution in [0.1, 0.15) is 75.0 Å². The van der Waals surface area contributed by atoms with Gasteiger partial charge in [0.05, 0.1) is 0 Å². The maximum atomic E-state index is 12.2. The molecule has 0 saturated carbocycles. The van der Waals surface area contributed by atoms with Crippen molar-refractivity contribution in [2.45, 2.75) is 65.2 Å². The zero-order chi connectivity index (χ0) is 22.7. The number of aromatic hydroxyl groups is 2. The van der Waals surface area contributed by atoms with Gasteiger partial charge in [-0.25, -0.2) is 0 Å². The van der Waals surface area contributed by atoms with Crippen LogP contribution in [0.2, 0.25) is 0 Å². The Morgan fingerprint density at radius 2 is 1.33 bits per heavy atom. The first-order valence-electron chi connectivity index (χ1n) is 10.0. The van der Waals surface area contributed by atoms with Crippen LogP contribution in [0.3, 0.4) is 0 Å². The van der Waals surface area contributed by atoms with Gasteiger partial charge < -0.3 is 10.2 Å². The van der Waals surface area contributed by atoms with Gasteiger partial charge in [0.2, 0.25) is 5.91 Å². The first kappa shape index (κ1) is 23.3. The van der Waals surface area contributed by atoms with Crippen molar-refractivity contribution >= 4 is 11.8 Å². The molecule has 0 atom stereocenters. The number of rotatable bonds is 4. The van der Waals surface area contributed by atoms with Gasteiger partial charge in [-0.15, -0.1) is 0 Å². The third-order valence-electron chi connectivity index (χ3n) is 4.87. The van der Waals surface area contributed by atoms with E-state index in [4.69, 9.17) is 0 Å². The largest absolute Gasteiger partial charge is 0.508 e. The van der Waals surface area contributed by atoms with E-state index in [1.807, 2.05) is 53.7 Å². The Morgan fingerprint density at radius 3 is 1.80 bits per heavy atom. The van der Waals surface area contributed by atoms with Crippen molar-refractivity contribution in [1.82, 2.24) is 10.9 Å². The minimum absolute atomic E-state index is 0.0636. The van der Waals surface area contributed by atoms with Crippen LogP contribution in [-0.2, 0) is 22.0 Å². The molecule has 2 amide bonds. The van der Waals surface area contributed by atoms with Crippen molar-refractivity contribution in [3.63, 3.8) is 0 Å². The molecule has 4 N–H and O–H groups in total. The molecule has 0 unspecified atom stereocenters. The highest BCUT2D eigenvalue weighted by Gasteiger charge is 2.26. The predicted molar refractivity (Wildman–Crippen MR) is 118 cm³/mol. The molecule has 0 aromatic heterocycles. The first-order valence-corrected chi connectivity index (χ1v) is 10.0. The van der Waals surface area contributed by atoms with Crippen LogP contribution in [0.15, 0.2) is 36.4 Å². The number of benzene rings is 2. The summed E-state index contributed by atoms with van der Waals surface area (Å²) in [5.74, 6) is -0.402. The Labute approximate surface area is 178 Å². The fraction of sp³-hybridized carbons (Fsp3) is 0.417. The molecule has 6 nitrogen and oxygen atoms in total. The zero-order valence-electron chi connectivity index (χ0n) is 18.6. The van der Waals surface area contributed by atoms with E-state index < -0.39 is 5.91 Å². The SMILES string of the molecule is CC(C)(C)c1cc(CCC(=O)NNC(=O)c2ccc(O)cc2)cc(C(C)(C)C)c1O. The molecule has 6 heteroatoms. The van der Waals surface area contributed by atoms with Crippen molar-refractivity contribution < 1.29 is 19.8 Å². The number of phenols is 2. The molecular formula is C24H32N2O4. The van der Waals surface area contributed by atoms with E-state index in [0.717, 1.165) is 16.7 Å². The quantitative estimate of drug-likeness (QED) is 0.569. The molecule has 0 heterocycles. The van der Waals surface area contributed by atoms with Gasteiger partial charge in [-0.05, 0) is 58.2 Å². The van der Waals surface area contributed by atoms with Gasteiger partial charge in [-0.2, -0.15) is 0 Å². The molecule has 0 aliphatic carbocycles. The minimum atomic E-state index is -0.460. The standard InChI is InChI=1S/C24H32N2O4/c1-23(2,3)18-13-15(14-19(21(18)29)24(4,5)6)7-12-20(28)25-26-22(30)16-8-10-17(27)11-9-16/h8-11,13-14,27,29H,7,12H2,1-6H3,(H,25,28)(H,26,30). The molecule has 0 radical (unpaired) electrons. The maximum absolute atomic E-state index is 12.2. The summed E-state index contributed by atoms with van der Waals surface area (Å²) in [5.41, 5.74) is 7.32. The fourth-order valence-corrected chi connectivity index (χ4v) is 3.11. The summed E-state index contributed by atoms with van der Waals surface area (Å²) in [6.45, 7) is 12.3. The summed E-state index contributed by atoms with van der Waals surface area (Å²) in [5, 5.41) is 20.1. The molecule has 2 rings (SSSR count).